The molecule has 3 nitrogen and oxygen atoms in total. The molecule has 0 amide bonds. The van der Waals surface area contributed by atoms with Crippen LogP contribution in [0.5, 0.6) is 0 Å². The van der Waals surface area contributed by atoms with Gasteiger partial charge in [-0.1, -0.05) is 20.8 Å². The summed E-state index contributed by atoms with van der Waals surface area (Å²) in [6, 6.07) is 0.513. The Morgan fingerprint density at radius 3 is 2.65 bits per heavy atom. The van der Waals surface area contributed by atoms with Crippen LogP contribution in [-0.2, 0) is 10.2 Å². The number of hydrogen-bond acceptors (Lipinski definition) is 2. The lowest BCUT2D eigenvalue weighted by molar-refractivity contribution is -0.0211. The number of rotatable bonds is 3. The van der Waals surface area contributed by atoms with Gasteiger partial charge >= 0.3 is 0 Å². The van der Waals surface area contributed by atoms with E-state index in [9.17, 15) is 0 Å². The van der Waals surface area contributed by atoms with Crippen molar-refractivity contribution in [2.75, 3.05) is 6.61 Å². The predicted octanol–water partition coefficient (Wildman–Crippen LogP) is 3.58. The van der Waals surface area contributed by atoms with E-state index in [1.807, 2.05) is 0 Å². The van der Waals surface area contributed by atoms with Gasteiger partial charge in [0.1, 0.15) is 0 Å². The van der Waals surface area contributed by atoms with Crippen LogP contribution in [0.15, 0.2) is 6.20 Å². The zero-order valence-electron chi connectivity index (χ0n) is 11.1. The highest BCUT2D eigenvalue weighted by Crippen LogP contribution is 2.37. The van der Waals surface area contributed by atoms with Gasteiger partial charge in [-0.2, -0.15) is 0 Å². The first kappa shape index (κ1) is 12.8. The Morgan fingerprint density at radius 2 is 2.12 bits per heavy atom. The third-order valence-electron chi connectivity index (χ3n) is 3.42. The lowest BCUT2D eigenvalue weighted by Gasteiger charge is -2.38. The van der Waals surface area contributed by atoms with Crippen LogP contribution in [0.4, 0.5) is 0 Å². The van der Waals surface area contributed by atoms with Crippen molar-refractivity contribution in [3.8, 4) is 0 Å². The van der Waals surface area contributed by atoms with E-state index >= 15 is 0 Å². The van der Waals surface area contributed by atoms with Gasteiger partial charge in [0.2, 0.25) is 0 Å². The summed E-state index contributed by atoms with van der Waals surface area (Å²) < 4.78 is 8.74. The second-order valence-electron chi connectivity index (χ2n) is 5.80. The molecule has 0 aliphatic heterocycles. The number of H-pyrrole nitrogens is 1. The summed E-state index contributed by atoms with van der Waals surface area (Å²) >= 11 is 5.39. The lowest BCUT2D eigenvalue weighted by Crippen LogP contribution is -2.35. The van der Waals surface area contributed by atoms with Crippen LogP contribution in [0.3, 0.4) is 0 Å². The van der Waals surface area contributed by atoms with Crippen LogP contribution in [0.2, 0.25) is 0 Å². The molecule has 4 heteroatoms. The van der Waals surface area contributed by atoms with Gasteiger partial charge in [-0.05, 0) is 32.0 Å². The molecule has 1 N–H and O–H groups in total. The minimum absolute atomic E-state index is 0.129. The van der Waals surface area contributed by atoms with Crippen LogP contribution in [0.25, 0.3) is 0 Å². The van der Waals surface area contributed by atoms with Gasteiger partial charge in [-0.3, -0.25) is 0 Å². The third-order valence-corrected chi connectivity index (χ3v) is 3.73. The number of nitrogens with zero attached hydrogens (tertiary/aromatic N) is 1. The fourth-order valence-electron chi connectivity index (χ4n) is 2.44. The topological polar surface area (TPSA) is 29.9 Å². The molecule has 2 rings (SSSR count). The fraction of sp³-hybridized carbons (Fsp3) is 0.769. The molecule has 0 aromatic carbocycles. The Kier molecular flexibility index (Phi) is 3.46. The van der Waals surface area contributed by atoms with Crippen LogP contribution >= 0.6 is 12.2 Å². The summed E-state index contributed by atoms with van der Waals surface area (Å²) in [5.41, 5.74) is 1.42. The third kappa shape index (κ3) is 2.47. The van der Waals surface area contributed by atoms with E-state index in [1.165, 1.54) is 5.69 Å². The Labute approximate surface area is 108 Å². The second kappa shape index (κ2) is 4.58. The van der Waals surface area contributed by atoms with E-state index in [2.05, 4.69) is 43.4 Å². The van der Waals surface area contributed by atoms with Gasteiger partial charge in [0, 0.05) is 30.0 Å². The highest BCUT2D eigenvalue weighted by atomic mass is 32.1. The Bertz CT molecular complexity index is 435. The van der Waals surface area contributed by atoms with Crippen molar-refractivity contribution in [1.82, 2.24) is 9.55 Å². The first-order chi connectivity index (χ1) is 7.93. The Morgan fingerprint density at radius 1 is 1.47 bits per heavy atom. The highest BCUT2D eigenvalue weighted by Gasteiger charge is 2.34. The van der Waals surface area contributed by atoms with Crippen molar-refractivity contribution in [2.45, 2.75) is 58.1 Å². The molecule has 0 unspecified atom stereocenters. The van der Waals surface area contributed by atoms with Crippen molar-refractivity contribution in [3.63, 3.8) is 0 Å². The average molecular weight is 254 g/mol. The molecule has 1 aromatic rings. The zero-order valence-corrected chi connectivity index (χ0v) is 11.9. The van der Waals surface area contributed by atoms with E-state index in [0.717, 1.165) is 24.2 Å². The van der Waals surface area contributed by atoms with Gasteiger partial charge < -0.3 is 14.3 Å². The number of nitrogens with one attached hydrogen (secondary N) is 1. The summed E-state index contributed by atoms with van der Waals surface area (Å²) in [7, 11) is 0. The molecule has 1 aliphatic carbocycles. The molecule has 1 aliphatic rings. The van der Waals surface area contributed by atoms with Gasteiger partial charge in [0.15, 0.2) is 4.77 Å². The molecule has 0 radical (unpaired) electrons. The molecule has 1 fully saturated rings. The summed E-state index contributed by atoms with van der Waals surface area (Å²) in [5.74, 6) is 0. The van der Waals surface area contributed by atoms with Gasteiger partial charge in [0.05, 0.1) is 6.10 Å². The molecule has 0 spiro atoms. The molecule has 0 bridgehead atoms. The van der Waals surface area contributed by atoms with E-state index in [1.54, 1.807) is 0 Å². The monoisotopic (exact) mass is 254 g/mol. The maximum Gasteiger partial charge on any atom is 0.177 e. The van der Waals surface area contributed by atoms with Crippen molar-refractivity contribution >= 4 is 12.2 Å². The van der Waals surface area contributed by atoms with Crippen LogP contribution in [-0.4, -0.2) is 22.3 Å². The Balaban J connectivity index is 2.17. The quantitative estimate of drug-likeness (QED) is 0.836. The van der Waals surface area contributed by atoms with E-state index in [-0.39, 0.29) is 5.41 Å². The summed E-state index contributed by atoms with van der Waals surface area (Å²) in [6.07, 6.45) is 4.65. The largest absolute Gasteiger partial charge is 0.378 e. The number of aromatic nitrogens is 2. The standard InChI is InChI=1S/C13H22N2OS/c1-5-16-10-6-9(7-10)15-11(13(2,3)4)8-14-12(15)17/h8-10H,5-7H2,1-4H3,(H,14,17). The van der Waals surface area contributed by atoms with Crippen molar-refractivity contribution in [1.29, 1.82) is 0 Å². The molecule has 0 atom stereocenters. The zero-order chi connectivity index (χ0) is 12.6. The average Bonchev–Trinajstić information content (AvgIpc) is 2.52. The smallest absolute Gasteiger partial charge is 0.177 e. The summed E-state index contributed by atoms with van der Waals surface area (Å²) in [4.78, 5) is 3.18. The van der Waals surface area contributed by atoms with Gasteiger partial charge in [0.25, 0.3) is 0 Å². The maximum absolute atomic E-state index is 5.61. The Hall–Kier alpha value is -0.610. The normalized spacial score (nSPS) is 24.7. The first-order valence-corrected chi connectivity index (χ1v) is 6.76. The molecule has 1 heterocycles. The fourth-order valence-corrected chi connectivity index (χ4v) is 2.75. The van der Waals surface area contributed by atoms with Gasteiger partial charge in [-0.25, -0.2) is 0 Å². The molecular formula is C13H22N2OS. The molecule has 17 heavy (non-hydrogen) atoms. The molecule has 1 aromatic heterocycles. The summed E-state index contributed by atoms with van der Waals surface area (Å²) in [6.45, 7) is 9.53. The number of imidazole rings is 1. The van der Waals surface area contributed by atoms with E-state index in [4.69, 9.17) is 17.0 Å². The number of hydrogen-bond donors (Lipinski definition) is 1. The van der Waals surface area contributed by atoms with Crippen LogP contribution < -0.4 is 0 Å². The maximum atomic E-state index is 5.61. The van der Waals surface area contributed by atoms with Crippen LogP contribution in [0.1, 0.15) is 52.3 Å². The van der Waals surface area contributed by atoms with E-state index < -0.39 is 0 Å². The van der Waals surface area contributed by atoms with E-state index in [0.29, 0.717) is 12.1 Å². The predicted molar refractivity (Wildman–Crippen MR) is 72.0 cm³/mol. The summed E-state index contributed by atoms with van der Waals surface area (Å²) in [5, 5.41) is 0. The van der Waals surface area contributed by atoms with Crippen molar-refractivity contribution < 1.29 is 4.74 Å². The number of aromatic amines is 1. The van der Waals surface area contributed by atoms with Crippen LogP contribution in [0, 0.1) is 4.77 Å². The highest BCUT2D eigenvalue weighted by molar-refractivity contribution is 7.71. The molecule has 1 saturated carbocycles. The minimum Gasteiger partial charge on any atom is -0.378 e. The molecule has 96 valence electrons. The van der Waals surface area contributed by atoms with Crippen molar-refractivity contribution in [2.24, 2.45) is 0 Å². The SMILES string of the molecule is CCOC1CC(n2c(C(C)(C)C)c[nH]c2=S)C1. The number of ether oxygens (including phenoxy) is 1. The first-order valence-electron chi connectivity index (χ1n) is 6.35. The minimum atomic E-state index is 0.129. The molecular weight excluding hydrogens is 232 g/mol. The van der Waals surface area contributed by atoms with Crippen molar-refractivity contribution in [3.05, 3.63) is 16.7 Å². The second-order valence-corrected chi connectivity index (χ2v) is 6.19. The lowest BCUT2D eigenvalue weighted by atomic mass is 9.86. The molecule has 0 saturated heterocycles. The van der Waals surface area contributed by atoms with Gasteiger partial charge in [-0.15, -0.1) is 0 Å².